The summed E-state index contributed by atoms with van der Waals surface area (Å²) in [5.41, 5.74) is 2.80. The van der Waals surface area contributed by atoms with E-state index in [4.69, 9.17) is 0 Å². The third-order valence-electron chi connectivity index (χ3n) is 3.73. The van der Waals surface area contributed by atoms with Gasteiger partial charge in [-0.05, 0) is 47.6 Å². The molecule has 1 heterocycles. The van der Waals surface area contributed by atoms with Gasteiger partial charge in [-0.1, -0.05) is 0 Å². The average Bonchev–Trinajstić information content (AvgIpc) is 2.77. The maximum atomic E-state index is 11.1. The van der Waals surface area contributed by atoms with Gasteiger partial charge >= 0.3 is 5.97 Å². The minimum atomic E-state index is -0.598. The van der Waals surface area contributed by atoms with Gasteiger partial charge in [0.15, 0.2) is 0 Å². The van der Waals surface area contributed by atoms with Crippen molar-refractivity contribution in [2.45, 2.75) is 31.1 Å². The molecule has 1 unspecified atom stereocenters. The first-order valence-electron chi connectivity index (χ1n) is 5.02. The highest BCUT2D eigenvalue weighted by molar-refractivity contribution is 7.08. The number of fused-ring (bicyclic) bond motifs is 2. The van der Waals surface area contributed by atoms with Gasteiger partial charge < -0.3 is 5.11 Å². The third kappa shape index (κ3) is 0.934. The first-order chi connectivity index (χ1) is 6.74. The van der Waals surface area contributed by atoms with E-state index in [2.05, 4.69) is 10.8 Å². The molecule has 0 amide bonds. The molecule has 2 nitrogen and oxygen atoms in total. The van der Waals surface area contributed by atoms with Crippen LogP contribution in [0.3, 0.4) is 0 Å². The van der Waals surface area contributed by atoms with E-state index >= 15 is 0 Å². The van der Waals surface area contributed by atoms with Gasteiger partial charge in [0.2, 0.25) is 0 Å². The second kappa shape index (κ2) is 2.60. The van der Waals surface area contributed by atoms with Crippen molar-refractivity contribution in [3.8, 4) is 0 Å². The first-order valence-corrected chi connectivity index (χ1v) is 5.97. The van der Waals surface area contributed by atoms with Gasteiger partial charge in [-0.3, -0.25) is 4.79 Å². The van der Waals surface area contributed by atoms with Crippen LogP contribution in [0.15, 0.2) is 10.8 Å². The zero-order chi connectivity index (χ0) is 9.76. The van der Waals surface area contributed by atoms with Crippen molar-refractivity contribution in [2.24, 2.45) is 5.92 Å². The highest BCUT2D eigenvalue weighted by Crippen LogP contribution is 2.59. The number of carboxylic acids is 1. The summed E-state index contributed by atoms with van der Waals surface area (Å²) in [7, 11) is 0. The summed E-state index contributed by atoms with van der Waals surface area (Å²) in [6.07, 6.45) is 3.94. The van der Waals surface area contributed by atoms with Crippen LogP contribution in [0.1, 0.15) is 30.4 Å². The normalized spacial score (nSPS) is 27.3. The fourth-order valence-corrected chi connectivity index (χ4v) is 3.83. The third-order valence-corrected chi connectivity index (χ3v) is 4.53. The molecule has 1 atom stereocenters. The van der Waals surface area contributed by atoms with E-state index in [0.29, 0.717) is 0 Å². The highest BCUT2D eigenvalue weighted by atomic mass is 32.1. The molecule has 1 fully saturated rings. The van der Waals surface area contributed by atoms with Crippen LogP contribution in [0.2, 0.25) is 0 Å². The topological polar surface area (TPSA) is 37.3 Å². The van der Waals surface area contributed by atoms with E-state index in [-0.39, 0.29) is 11.3 Å². The fraction of sp³-hybridized carbons (Fsp3) is 0.545. The van der Waals surface area contributed by atoms with Gasteiger partial charge in [-0.25, -0.2) is 0 Å². The average molecular weight is 208 g/mol. The second-order valence-electron chi connectivity index (χ2n) is 4.40. The molecule has 0 bridgehead atoms. The molecule has 1 aromatic rings. The number of hydrogen-bond donors (Lipinski definition) is 1. The van der Waals surface area contributed by atoms with Crippen molar-refractivity contribution >= 4 is 17.3 Å². The molecule has 0 saturated heterocycles. The minimum absolute atomic E-state index is 0.0411. The molecule has 2 aliphatic rings. The summed E-state index contributed by atoms with van der Waals surface area (Å²) in [6, 6.07) is 0. The molecule has 1 aromatic heterocycles. The molecule has 1 N–H and O–H groups in total. The number of aliphatic carboxylic acids is 1. The zero-order valence-corrected chi connectivity index (χ0v) is 8.64. The Kier molecular flexibility index (Phi) is 1.57. The number of thiophene rings is 1. The second-order valence-corrected chi connectivity index (χ2v) is 5.14. The molecule has 3 heteroatoms. The monoisotopic (exact) mass is 208 g/mol. The largest absolute Gasteiger partial charge is 0.481 e. The zero-order valence-electron chi connectivity index (χ0n) is 7.82. The maximum absolute atomic E-state index is 11.1. The number of aryl methyl sites for hydroxylation is 1. The Morgan fingerprint density at radius 1 is 1.50 bits per heavy atom. The minimum Gasteiger partial charge on any atom is -0.481 e. The molecule has 0 aromatic carbocycles. The van der Waals surface area contributed by atoms with Crippen LogP contribution in [-0.4, -0.2) is 11.1 Å². The van der Waals surface area contributed by atoms with Gasteiger partial charge in [0.05, 0.1) is 5.92 Å². The lowest BCUT2D eigenvalue weighted by Gasteiger charge is -2.29. The number of hydrogen-bond acceptors (Lipinski definition) is 2. The Balaban J connectivity index is 2.08. The van der Waals surface area contributed by atoms with Crippen LogP contribution < -0.4 is 0 Å². The van der Waals surface area contributed by atoms with E-state index in [0.717, 1.165) is 25.7 Å². The summed E-state index contributed by atoms with van der Waals surface area (Å²) in [5.74, 6) is -0.719. The molecule has 3 rings (SSSR count). The quantitative estimate of drug-likeness (QED) is 0.769. The van der Waals surface area contributed by atoms with Crippen LogP contribution >= 0.6 is 11.3 Å². The summed E-state index contributed by atoms with van der Waals surface area (Å²) < 4.78 is 0. The predicted octanol–water partition coefficient (Wildman–Crippen LogP) is 2.43. The first kappa shape index (κ1) is 8.48. The Labute approximate surface area is 86.6 Å². The summed E-state index contributed by atoms with van der Waals surface area (Å²) in [4.78, 5) is 11.1. The standard InChI is InChI=1S/C11H12O2S/c12-10(13)8-2-1-7-5-14-6-9(7)11(8)3-4-11/h5-6,8H,1-4H2,(H,12,13). The SMILES string of the molecule is O=C(O)C1CCc2cscc2C12CC2. The summed E-state index contributed by atoms with van der Waals surface area (Å²) >= 11 is 1.72. The van der Waals surface area contributed by atoms with Crippen molar-refractivity contribution in [3.05, 3.63) is 21.9 Å². The summed E-state index contributed by atoms with van der Waals surface area (Å²) in [6.45, 7) is 0. The molecule has 0 radical (unpaired) electrons. The molecule has 14 heavy (non-hydrogen) atoms. The van der Waals surface area contributed by atoms with E-state index in [9.17, 15) is 9.90 Å². The lowest BCUT2D eigenvalue weighted by molar-refractivity contribution is -0.143. The Morgan fingerprint density at radius 3 is 2.93 bits per heavy atom. The number of rotatable bonds is 1. The molecular formula is C11H12O2S. The van der Waals surface area contributed by atoms with E-state index in [1.165, 1.54) is 11.1 Å². The predicted molar refractivity (Wildman–Crippen MR) is 54.7 cm³/mol. The van der Waals surface area contributed by atoms with Gasteiger partial charge in [0.25, 0.3) is 0 Å². The van der Waals surface area contributed by atoms with Crippen LogP contribution in [0, 0.1) is 5.92 Å². The number of carboxylic acid groups (broad SMARTS) is 1. The van der Waals surface area contributed by atoms with Crippen molar-refractivity contribution in [2.75, 3.05) is 0 Å². The highest BCUT2D eigenvalue weighted by Gasteiger charge is 2.56. The smallest absolute Gasteiger partial charge is 0.307 e. The van der Waals surface area contributed by atoms with Gasteiger partial charge in [-0.15, -0.1) is 0 Å². The van der Waals surface area contributed by atoms with Crippen molar-refractivity contribution in [1.29, 1.82) is 0 Å². The van der Waals surface area contributed by atoms with E-state index < -0.39 is 5.97 Å². The summed E-state index contributed by atoms with van der Waals surface area (Å²) in [5, 5.41) is 13.5. The fourth-order valence-electron chi connectivity index (χ4n) is 2.83. The van der Waals surface area contributed by atoms with Crippen molar-refractivity contribution < 1.29 is 9.90 Å². The van der Waals surface area contributed by atoms with Crippen LogP contribution in [0.25, 0.3) is 0 Å². The van der Waals surface area contributed by atoms with E-state index in [1.807, 2.05) is 0 Å². The molecule has 1 spiro atoms. The van der Waals surface area contributed by atoms with Crippen LogP contribution in [0.5, 0.6) is 0 Å². The van der Waals surface area contributed by atoms with Gasteiger partial charge in [0, 0.05) is 5.41 Å². The van der Waals surface area contributed by atoms with Crippen LogP contribution in [0.4, 0.5) is 0 Å². The van der Waals surface area contributed by atoms with Gasteiger partial charge in [-0.2, -0.15) is 11.3 Å². The Morgan fingerprint density at radius 2 is 2.29 bits per heavy atom. The van der Waals surface area contributed by atoms with Crippen molar-refractivity contribution in [1.82, 2.24) is 0 Å². The maximum Gasteiger partial charge on any atom is 0.307 e. The van der Waals surface area contributed by atoms with Crippen LogP contribution in [-0.2, 0) is 16.6 Å². The Hall–Kier alpha value is -0.830. The van der Waals surface area contributed by atoms with Crippen molar-refractivity contribution in [3.63, 3.8) is 0 Å². The molecule has 0 aliphatic heterocycles. The van der Waals surface area contributed by atoms with Gasteiger partial charge in [0.1, 0.15) is 0 Å². The lowest BCUT2D eigenvalue weighted by atomic mass is 9.74. The molecule has 2 aliphatic carbocycles. The number of carbonyl (C=O) groups is 1. The van der Waals surface area contributed by atoms with E-state index in [1.54, 1.807) is 11.3 Å². The molecule has 1 saturated carbocycles. The molecule has 74 valence electrons. The molecular weight excluding hydrogens is 196 g/mol. The lowest BCUT2D eigenvalue weighted by Crippen LogP contribution is -2.32. The Bertz CT molecular complexity index is 390.